The van der Waals surface area contributed by atoms with Crippen LogP contribution in [0.1, 0.15) is 13.8 Å². The Bertz CT molecular complexity index is 409. The molecule has 19 heavy (non-hydrogen) atoms. The predicted octanol–water partition coefficient (Wildman–Crippen LogP) is 1.56. The van der Waals surface area contributed by atoms with Crippen LogP contribution >= 0.6 is 0 Å². The van der Waals surface area contributed by atoms with E-state index in [0.29, 0.717) is 12.3 Å². The fourth-order valence-electron chi connectivity index (χ4n) is 1.86. The monoisotopic (exact) mass is 265 g/mol. The number of nitrogen functional groups attached to an aromatic ring is 1. The van der Waals surface area contributed by atoms with Crippen molar-refractivity contribution >= 4 is 17.3 Å². The molecule has 3 N–H and O–H groups in total. The Labute approximate surface area is 114 Å². The molecule has 0 fully saturated rings. The lowest BCUT2D eigenvalue weighted by Crippen LogP contribution is -2.43. The first-order chi connectivity index (χ1) is 9.08. The van der Waals surface area contributed by atoms with Crippen LogP contribution in [0.25, 0.3) is 0 Å². The van der Waals surface area contributed by atoms with E-state index in [4.69, 9.17) is 10.5 Å². The molecule has 1 rings (SSSR count). The number of hydrogen-bond acceptors (Lipinski definition) is 4. The Morgan fingerprint density at radius 1 is 1.53 bits per heavy atom. The zero-order chi connectivity index (χ0) is 14.3. The number of nitrogens with two attached hydrogens (primary N) is 1. The van der Waals surface area contributed by atoms with Crippen molar-refractivity contribution in [2.24, 2.45) is 0 Å². The van der Waals surface area contributed by atoms with Crippen molar-refractivity contribution in [3.8, 4) is 0 Å². The largest absolute Gasteiger partial charge is 0.399 e. The molecule has 0 aliphatic rings. The van der Waals surface area contributed by atoms with Gasteiger partial charge in [-0.1, -0.05) is 13.0 Å². The summed E-state index contributed by atoms with van der Waals surface area (Å²) in [6.45, 7) is 6.07. The summed E-state index contributed by atoms with van der Waals surface area (Å²) in [5.41, 5.74) is 7.04. The summed E-state index contributed by atoms with van der Waals surface area (Å²) < 4.78 is 5.05. The van der Waals surface area contributed by atoms with E-state index in [1.54, 1.807) is 19.2 Å². The second-order valence-electron chi connectivity index (χ2n) is 4.41. The molecular formula is C14H23N3O2. The van der Waals surface area contributed by atoms with Crippen LogP contribution in [0.15, 0.2) is 24.3 Å². The standard InChI is InChI=1S/C14H23N3O2/c1-4-17(8-9-19-3)11(2)14(18)16-13-7-5-6-12(15)10-13/h5-7,10-11H,4,8-9,15H2,1-3H3,(H,16,18). The Hall–Kier alpha value is -1.59. The van der Waals surface area contributed by atoms with Gasteiger partial charge in [-0.15, -0.1) is 0 Å². The first-order valence-corrected chi connectivity index (χ1v) is 6.47. The molecule has 0 saturated carbocycles. The number of benzene rings is 1. The van der Waals surface area contributed by atoms with Crippen molar-refractivity contribution in [1.29, 1.82) is 0 Å². The van der Waals surface area contributed by atoms with E-state index >= 15 is 0 Å². The highest BCUT2D eigenvalue weighted by atomic mass is 16.5. The molecule has 0 saturated heterocycles. The first-order valence-electron chi connectivity index (χ1n) is 6.47. The molecule has 0 heterocycles. The number of anilines is 2. The minimum Gasteiger partial charge on any atom is -0.399 e. The van der Waals surface area contributed by atoms with Gasteiger partial charge in [0.2, 0.25) is 5.91 Å². The van der Waals surface area contributed by atoms with Gasteiger partial charge in [0, 0.05) is 25.0 Å². The van der Waals surface area contributed by atoms with Crippen molar-refractivity contribution in [3.63, 3.8) is 0 Å². The van der Waals surface area contributed by atoms with Gasteiger partial charge in [-0.3, -0.25) is 9.69 Å². The van der Waals surface area contributed by atoms with Crippen molar-refractivity contribution in [2.45, 2.75) is 19.9 Å². The highest BCUT2D eigenvalue weighted by Crippen LogP contribution is 2.13. The molecule has 106 valence electrons. The third kappa shape index (κ3) is 4.89. The summed E-state index contributed by atoms with van der Waals surface area (Å²) in [6, 6.07) is 6.97. The van der Waals surface area contributed by atoms with Crippen molar-refractivity contribution < 1.29 is 9.53 Å². The van der Waals surface area contributed by atoms with Crippen molar-refractivity contribution in [3.05, 3.63) is 24.3 Å². The molecule has 1 atom stereocenters. The maximum absolute atomic E-state index is 12.2. The Kier molecular flexibility index (Phi) is 6.32. The SMILES string of the molecule is CCN(CCOC)C(C)C(=O)Nc1cccc(N)c1. The molecule has 0 spiro atoms. The van der Waals surface area contributed by atoms with Crippen LogP contribution in [0.4, 0.5) is 11.4 Å². The number of nitrogens with zero attached hydrogens (tertiary/aromatic N) is 1. The highest BCUT2D eigenvalue weighted by Gasteiger charge is 2.19. The van der Waals surface area contributed by atoms with Gasteiger partial charge in [0.15, 0.2) is 0 Å². The zero-order valence-electron chi connectivity index (χ0n) is 11.8. The highest BCUT2D eigenvalue weighted by molar-refractivity contribution is 5.94. The average Bonchev–Trinajstić information content (AvgIpc) is 2.39. The fourth-order valence-corrected chi connectivity index (χ4v) is 1.86. The predicted molar refractivity (Wildman–Crippen MR) is 78.1 cm³/mol. The van der Waals surface area contributed by atoms with E-state index in [-0.39, 0.29) is 11.9 Å². The Morgan fingerprint density at radius 2 is 2.26 bits per heavy atom. The molecule has 5 nitrogen and oxygen atoms in total. The Morgan fingerprint density at radius 3 is 2.84 bits per heavy atom. The van der Waals surface area contributed by atoms with E-state index in [2.05, 4.69) is 10.2 Å². The second kappa shape index (κ2) is 7.76. The molecule has 5 heteroatoms. The van der Waals surface area contributed by atoms with Crippen LogP contribution in [0.2, 0.25) is 0 Å². The topological polar surface area (TPSA) is 67.6 Å². The van der Waals surface area contributed by atoms with Crippen molar-refractivity contribution in [2.75, 3.05) is 37.9 Å². The number of ether oxygens (including phenoxy) is 1. The van der Waals surface area contributed by atoms with Crippen LogP contribution in [0, 0.1) is 0 Å². The van der Waals surface area contributed by atoms with E-state index in [0.717, 1.165) is 18.8 Å². The zero-order valence-corrected chi connectivity index (χ0v) is 11.8. The van der Waals surface area contributed by atoms with Gasteiger partial charge in [0.05, 0.1) is 12.6 Å². The molecule has 0 aliphatic heterocycles. The van der Waals surface area contributed by atoms with Gasteiger partial charge < -0.3 is 15.8 Å². The molecule has 1 aromatic rings. The third-order valence-corrected chi connectivity index (χ3v) is 3.07. The maximum atomic E-state index is 12.2. The smallest absolute Gasteiger partial charge is 0.241 e. The summed E-state index contributed by atoms with van der Waals surface area (Å²) >= 11 is 0. The summed E-state index contributed by atoms with van der Waals surface area (Å²) in [6.07, 6.45) is 0. The molecule has 0 aromatic heterocycles. The quantitative estimate of drug-likeness (QED) is 0.734. The number of likely N-dealkylation sites (N-methyl/N-ethyl adjacent to an activating group) is 1. The molecular weight excluding hydrogens is 242 g/mol. The van der Waals surface area contributed by atoms with E-state index in [9.17, 15) is 4.79 Å². The average molecular weight is 265 g/mol. The lowest BCUT2D eigenvalue weighted by molar-refractivity contribution is -0.120. The second-order valence-corrected chi connectivity index (χ2v) is 4.41. The van der Waals surface area contributed by atoms with Crippen LogP contribution in [-0.4, -0.2) is 43.7 Å². The normalized spacial score (nSPS) is 12.4. The number of hydrogen-bond donors (Lipinski definition) is 2. The van der Waals surface area contributed by atoms with E-state index in [1.165, 1.54) is 0 Å². The van der Waals surface area contributed by atoms with Crippen LogP contribution in [0.3, 0.4) is 0 Å². The minimum absolute atomic E-state index is 0.0384. The number of carbonyl (C=O) groups is 1. The molecule has 0 bridgehead atoms. The van der Waals surface area contributed by atoms with Crippen molar-refractivity contribution in [1.82, 2.24) is 4.90 Å². The van der Waals surface area contributed by atoms with E-state index in [1.807, 2.05) is 26.0 Å². The van der Waals surface area contributed by atoms with Gasteiger partial charge >= 0.3 is 0 Å². The number of methoxy groups -OCH3 is 1. The van der Waals surface area contributed by atoms with E-state index < -0.39 is 0 Å². The molecule has 1 aromatic carbocycles. The third-order valence-electron chi connectivity index (χ3n) is 3.07. The lowest BCUT2D eigenvalue weighted by atomic mass is 10.2. The van der Waals surface area contributed by atoms with Crippen LogP contribution in [-0.2, 0) is 9.53 Å². The summed E-state index contributed by atoms with van der Waals surface area (Å²) in [4.78, 5) is 14.2. The first kappa shape index (κ1) is 15.5. The molecule has 0 aliphatic carbocycles. The number of amides is 1. The summed E-state index contributed by atoms with van der Waals surface area (Å²) in [5, 5.41) is 2.87. The van der Waals surface area contributed by atoms with Gasteiger partial charge in [-0.05, 0) is 31.7 Å². The fraction of sp³-hybridized carbons (Fsp3) is 0.500. The lowest BCUT2D eigenvalue weighted by Gasteiger charge is -2.26. The maximum Gasteiger partial charge on any atom is 0.241 e. The van der Waals surface area contributed by atoms with Gasteiger partial charge in [0.25, 0.3) is 0 Å². The number of rotatable bonds is 7. The summed E-state index contributed by atoms with van der Waals surface area (Å²) in [7, 11) is 1.66. The van der Waals surface area contributed by atoms with Crippen LogP contribution < -0.4 is 11.1 Å². The number of nitrogens with one attached hydrogen (secondary N) is 1. The molecule has 1 unspecified atom stereocenters. The molecule has 0 radical (unpaired) electrons. The van der Waals surface area contributed by atoms with Gasteiger partial charge in [0.1, 0.15) is 0 Å². The van der Waals surface area contributed by atoms with Gasteiger partial charge in [-0.25, -0.2) is 0 Å². The molecule has 1 amide bonds. The Balaban J connectivity index is 2.60. The minimum atomic E-state index is -0.207. The number of carbonyl (C=O) groups excluding carboxylic acids is 1. The summed E-state index contributed by atoms with van der Waals surface area (Å²) in [5.74, 6) is -0.0384. The van der Waals surface area contributed by atoms with Crippen LogP contribution in [0.5, 0.6) is 0 Å². The van der Waals surface area contributed by atoms with Gasteiger partial charge in [-0.2, -0.15) is 0 Å².